The highest BCUT2D eigenvalue weighted by Crippen LogP contribution is 2.25. The fraction of sp³-hybridized carbons (Fsp3) is 0.273. The van der Waals surface area contributed by atoms with Gasteiger partial charge in [-0.1, -0.05) is 0 Å². The molecule has 0 aliphatic heterocycles. The lowest BCUT2D eigenvalue weighted by atomic mass is 10.1. The monoisotopic (exact) mass is 223 g/mol. The van der Waals surface area contributed by atoms with Crippen LogP contribution in [0.1, 0.15) is 22.0 Å². The van der Waals surface area contributed by atoms with E-state index in [0.717, 1.165) is 6.42 Å². The van der Waals surface area contributed by atoms with Crippen LogP contribution in [0, 0.1) is 6.92 Å². The van der Waals surface area contributed by atoms with Gasteiger partial charge in [-0.3, -0.25) is 0 Å². The molecule has 2 heterocycles. The highest BCUT2D eigenvalue weighted by molar-refractivity contribution is 7.10. The summed E-state index contributed by atoms with van der Waals surface area (Å²) in [6.45, 7) is 2.12. The first-order chi connectivity index (χ1) is 6.77. The lowest BCUT2D eigenvalue weighted by molar-refractivity contribution is 0.734. The molecule has 0 fully saturated rings. The summed E-state index contributed by atoms with van der Waals surface area (Å²) in [4.78, 5) is 1.32. The van der Waals surface area contributed by atoms with Gasteiger partial charge in [0.2, 0.25) is 0 Å². The molecule has 3 heteroatoms. The molecule has 2 rings (SSSR count). The zero-order valence-corrected chi connectivity index (χ0v) is 9.70. The fourth-order valence-corrected chi connectivity index (χ4v) is 3.13. The Balaban J connectivity index is 2.10. The minimum Gasteiger partial charge on any atom is -0.323 e. The smallest absolute Gasteiger partial charge is 0.0433 e. The maximum absolute atomic E-state index is 6.15. The minimum absolute atomic E-state index is 0.157. The Morgan fingerprint density at radius 2 is 2.21 bits per heavy atom. The van der Waals surface area contributed by atoms with E-state index in [1.807, 2.05) is 0 Å². The normalized spacial score (nSPS) is 13.0. The zero-order valence-electron chi connectivity index (χ0n) is 8.07. The van der Waals surface area contributed by atoms with E-state index in [1.165, 1.54) is 16.0 Å². The number of aryl methyl sites for hydroxylation is 1. The predicted octanol–water partition coefficient (Wildman–Crippen LogP) is 3.36. The second-order valence-corrected chi connectivity index (χ2v) is 5.14. The first-order valence-electron chi connectivity index (χ1n) is 4.58. The summed E-state index contributed by atoms with van der Waals surface area (Å²) < 4.78 is 0. The Kier molecular flexibility index (Phi) is 3.01. The molecule has 74 valence electrons. The number of rotatable bonds is 3. The lowest BCUT2D eigenvalue weighted by Crippen LogP contribution is -2.12. The van der Waals surface area contributed by atoms with E-state index in [4.69, 9.17) is 5.73 Å². The number of hydrogen-bond acceptors (Lipinski definition) is 3. The summed E-state index contributed by atoms with van der Waals surface area (Å²) in [5, 5.41) is 6.38. The van der Waals surface area contributed by atoms with E-state index in [2.05, 4.69) is 35.2 Å². The van der Waals surface area contributed by atoms with E-state index >= 15 is 0 Å². The maximum atomic E-state index is 6.15. The largest absolute Gasteiger partial charge is 0.323 e. The third kappa shape index (κ3) is 2.05. The molecule has 2 aromatic heterocycles. The quantitative estimate of drug-likeness (QED) is 0.848. The first kappa shape index (κ1) is 9.90. The van der Waals surface area contributed by atoms with Gasteiger partial charge in [0.25, 0.3) is 0 Å². The average Bonchev–Trinajstić information content (AvgIpc) is 2.75. The van der Waals surface area contributed by atoms with Crippen molar-refractivity contribution in [1.29, 1.82) is 0 Å². The van der Waals surface area contributed by atoms with Gasteiger partial charge >= 0.3 is 0 Å². The van der Waals surface area contributed by atoms with Crippen LogP contribution in [0.2, 0.25) is 0 Å². The van der Waals surface area contributed by atoms with Crippen molar-refractivity contribution in [3.05, 3.63) is 44.3 Å². The molecule has 0 saturated carbocycles. The summed E-state index contributed by atoms with van der Waals surface area (Å²) in [6.07, 6.45) is 0.949. The molecule has 14 heavy (non-hydrogen) atoms. The Bertz CT molecular complexity index is 389. The van der Waals surface area contributed by atoms with E-state index in [1.54, 1.807) is 22.7 Å². The molecular formula is C11H13NS2. The molecule has 0 bridgehead atoms. The Morgan fingerprint density at radius 3 is 2.79 bits per heavy atom. The van der Waals surface area contributed by atoms with Crippen LogP contribution in [0.25, 0.3) is 0 Å². The van der Waals surface area contributed by atoms with Gasteiger partial charge in [0, 0.05) is 10.9 Å². The molecular weight excluding hydrogens is 210 g/mol. The summed E-state index contributed by atoms with van der Waals surface area (Å²) in [5.41, 5.74) is 8.81. The third-order valence-electron chi connectivity index (χ3n) is 2.27. The van der Waals surface area contributed by atoms with Crippen molar-refractivity contribution in [1.82, 2.24) is 0 Å². The van der Waals surface area contributed by atoms with E-state index in [9.17, 15) is 0 Å². The molecule has 0 aliphatic rings. The molecule has 0 aliphatic carbocycles. The van der Waals surface area contributed by atoms with Gasteiger partial charge in [-0.25, -0.2) is 0 Å². The van der Waals surface area contributed by atoms with Crippen LogP contribution in [0.3, 0.4) is 0 Å². The molecule has 2 aromatic rings. The van der Waals surface area contributed by atoms with Gasteiger partial charge in [0.1, 0.15) is 0 Å². The minimum atomic E-state index is 0.157. The number of thiophene rings is 2. The summed E-state index contributed by atoms with van der Waals surface area (Å²) >= 11 is 3.49. The fourth-order valence-electron chi connectivity index (χ4n) is 1.52. The van der Waals surface area contributed by atoms with Gasteiger partial charge in [0.05, 0.1) is 0 Å². The van der Waals surface area contributed by atoms with Crippen molar-refractivity contribution >= 4 is 22.7 Å². The zero-order chi connectivity index (χ0) is 9.97. The highest BCUT2D eigenvalue weighted by Gasteiger charge is 2.10. The van der Waals surface area contributed by atoms with E-state index in [-0.39, 0.29) is 6.04 Å². The molecule has 0 amide bonds. The molecule has 1 nitrogen and oxygen atoms in total. The van der Waals surface area contributed by atoms with Crippen molar-refractivity contribution in [3.63, 3.8) is 0 Å². The summed E-state index contributed by atoms with van der Waals surface area (Å²) in [7, 11) is 0. The topological polar surface area (TPSA) is 26.0 Å². The molecule has 0 spiro atoms. The van der Waals surface area contributed by atoms with Crippen LogP contribution < -0.4 is 5.73 Å². The second-order valence-electron chi connectivity index (χ2n) is 3.41. The van der Waals surface area contributed by atoms with Crippen LogP contribution in [-0.2, 0) is 6.42 Å². The number of hydrogen-bond donors (Lipinski definition) is 1. The Hall–Kier alpha value is -0.640. The SMILES string of the molecule is Cc1ccsc1C(N)Cc1ccsc1. The second kappa shape index (κ2) is 4.26. The Morgan fingerprint density at radius 1 is 1.36 bits per heavy atom. The molecule has 0 saturated heterocycles. The van der Waals surface area contributed by atoms with Crippen LogP contribution in [0.4, 0.5) is 0 Å². The molecule has 0 radical (unpaired) electrons. The first-order valence-corrected chi connectivity index (χ1v) is 6.40. The maximum Gasteiger partial charge on any atom is 0.0433 e. The van der Waals surface area contributed by atoms with E-state index in [0.29, 0.717) is 0 Å². The van der Waals surface area contributed by atoms with Gasteiger partial charge in [0.15, 0.2) is 0 Å². The van der Waals surface area contributed by atoms with Gasteiger partial charge in [-0.05, 0) is 52.7 Å². The molecule has 0 aromatic carbocycles. The van der Waals surface area contributed by atoms with Crippen LogP contribution in [0.15, 0.2) is 28.3 Å². The van der Waals surface area contributed by atoms with Crippen LogP contribution in [-0.4, -0.2) is 0 Å². The van der Waals surface area contributed by atoms with Crippen molar-refractivity contribution in [3.8, 4) is 0 Å². The van der Waals surface area contributed by atoms with Crippen molar-refractivity contribution in [2.75, 3.05) is 0 Å². The summed E-state index contributed by atoms with van der Waals surface area (Å²) in [5.74, 6) is 0. The van der Waals surface area contributed by atoms with Crippen LogP contribution >= 0.6 is 22.7 Å². The molecule has 2 N–H and O–H groups in total. The van der Waals surface area contributed by atoms with Crippen LogP contribution in [0.5, 0.6) is 0 Å². The standard InChI is InChI=1S/C11H13NS2/c1-8-2-5-14-11(8)10(12)6-9-3-4-13-7-9/h2-5,7,10H,6,12H2,1H3. The van der Waals surface area contributed by atoms with Crippen molar-refractivity contribution in [2.45, 2.75) is 19.4 Å². The number of nitrogens with two attached hydrogens (primary N) is 1. The molecule has 1 atom stereocenters. The van der Waals surface area contributed by atoms with Gasteiger partial charge < -0.3 is 5.73 Å². The van der Waals surface area contributed by atoms with Crippen molar-refractivity contribution < 1.29 is 0 Å². The van der Waals surface area contributed by atoms with Crippen molar-refractivity contribution in [2.24, 2.45) is 5.73 Å². The predicted molar refractivity (Wildman–Crippen MR) is 64.0 cm³/mol. The van der Waals surface area contributed by atoms with Gasteiger partial charge in [-0.2, -0.15) is 11.3 Å². The third-order valence-corrected chi connectivity index (χ3v) is 4.16. The lowest BCUT2D eigenvalue weighted by Gasteiger charge is -2.09. The summed E-state index contributed by atoms with van der Waals surface area (Å²) in [6, 6.07) is 4.44. The van der Waals surface area contributed by atoms with Gasteiger partial charge in [-0.15, -0.1) is 11.3 Å². The van der Waals surface area contributed by atoms with E-state index < -0.39 is 0 Å². The Labute approximate surface area is 92.2 Å². The molecule has 1 unspecified atom stereocenters. The average molecular weight is 223 g/mol. The highest BCUT2D eigenvalue weighted by atomic mass is 32.1.